The van der Waals surface area contributed by atoms with Gasteiger partial charge in [0.25, 0.3) is 0 Å². The van der Waals surface area contributed by atoms with Gasteiger partial charge in [-0.2, -0.15) is 0 Å². The highest BCUT2D eigenvalue weighted by atomic mass is 19.1. The van der Waals surface area contributed by atoms with Crippen LogP contribution in [0.3, 0.4) is 0 Å². The summed E-state index contributed by atoms with van der Waals surface area (Å²) >= 11 is 0. The Morgan fingerprint density at radius 3 is 2.53 bits per heavy atom. The lowest BCUT2D eigenvalue weighted by Gasteiger charge is -2.25. The van der Waals surface area contributed by atoms with Crippen LogP contribution in [0.1, 0.15) is 44.1 Å². The van der Waals surface area contributed by atoms with Crippen LogP contribution >= 0.6 is 0 Å². The molecular formula is C14H16FNO. The molecule has 0 bridgehead atoms. The van der Waals surface area contributed by atoms with Crippen molar-refractivity contribution < 1.29 is 9.18 Å². The molecule has 1 spiro atoms. The van der Waals surface area contributed by atoms with Crippen molar-refractivity contribution in [3.63, 3.8) is 0 Å². The van der Waals surface area contributed by atoms with Gasteiger partial charge in [0.15, 0.2) is 0 Å². The van der Waals surface area contributed by atoms with Crippen LogP contribution in [0, 0.1) is 5.82 Å². The van der Waals surface area contributed by atoms with Crippen molar-refractivity contribution in [3.8, 4) is 0 Å². The Hall–Kier alpha value is -1.38. The van der Waals surface area contributed by atoms with Crippen molar-refractivity contribution in [3.05, 3.63) is 29.6 Å². The number of halogens is 1. The van der Waals surface area contributed by atoms with Crippen LogP contribution in [0.2, 0.25) is 0 Å². The number of amides is 1. The fourth-order valence-electron chi connectivity index (χ4n) is 3.23. The summed E-state index contributed by atoms with van der Waals surface area (Å²) in [5, 5.41) is 2.74. The second-order valence-electron chi connectivity index (χ2n) is 5.11. The Morgan fingerprint density at radius 2 is 1.82 bits per heavy atom. The Kier molecular flexibility index (Phi) is 2.42. The van der Waals surface area contributed by atoms with Gasteiger partial charge in [-0.1, -0.05) is 37.8 Å². The lowest BCUT2D eigenvalue weighted by Crippen LogP contribution is -2.33. The molecule has 0 unspecified atom stereocenters. The predicted molar refractivity (Wildman–Crippen MR) is 64.4 cm³/mol. The highest BCUT2D eigenvalue weighted by Gasteiger charge is 2.47. The number of carbonyl (C=O) groups excluding carboxylic acids is 1. The van der Waals surface area contributed by atoms with Gasteiger partial charge in [-0.15, -0.1) is 0 Å². The highest BCUT2D eigenvalue weighted by molar-refractivity contribution is 6.06. The first-order valence-corrected chi connectivity index (χ1v) is 6.34. The Morgan fingerprint density at radius 1 is 1.12 bits per heavy atom. The van der Waals surface area contributed by atoms with E-state index in [-0.39, 0.29) is 11.7 Å². The first-order valence-electron chi connectivity index (χ1n) is 6.34. The summed E-state index contributed by atoms with van der Waals surface area (Å²) in [6, 6.07) is 5.03. The number of hydrogen-bond acceptors (Lipinski definition) is 1. The maximum Gasteiger partial charge on any atom is 0.235 e. The minimum Gasteiger partial charge on any atom is -0.323 e. The van der Waals surface area contributed by atoms with Gasteiger partial charge in [0, 0.05) is 0 Å². The van der Waals surface area contributed by atoms with Crippen molar-refractivity contribution in [1.82, 2.24) is 0 Å². The minimum atomic E-state index is -0.450. The number of para-hydroxylation sites is 1. The Balaban J connectivity index is 2.12. The average Bonchev–Trinajstić information content (AvgIpc) is 2.52. The van der Waals surface area contributed by atoms with E-state index in [1.54, 1.807) is 6.07 Å². The van der Waals surface area contributed by atoms with Crippen LogP contribution < -0.4 is 5.32 Å². The number of fused-ring (bicyclic) bond motifs is 2. The van der Waals surface area contributed by atoms with E-state index in [0.717, 1.165) is 31.2 Å². The topological polar surface area (TPSA) is 29.1 Å². The summed E-state index contributed by atoms with van der Waals surface area (Å²) < 4.78 is 13.7. The fraction of sp³-hybridized carbons (Fsp3) is 0.500. The van der Waals surface area contributed by atoms with Crippen molar-refractivity contribution in [2.75, 3.05) is 5.32 Å². The molecule has 1 heterocycles. The quantitative estimate of drug-likeness (QED) is 0.731. The summed E-state index contributed by atoms with van der Waals surface area (Å²) in [5.41, 5.74) is 0.845. The summed E-state index contributed by atoms with van der Waals surface area (Å²) in [6.07, 6.45) is 6.19. The van der Waals surface area contributed by atoms with E-state index in [9.17, 15) is 9.18 Å². The number of carbonyl (C=O) groups is 1. The third-order valence-corrected chi connectivity index (χ3v) is 4.16. The van der Waals surface area contributed by atoms with E-state index >= 15 is 0 Å². The lowest BCUT2D eigenvalue weighted by atomic mass is 9.75. The van der Waals surface area contributed by atoms with Gasteiger partial charge in [0.2, 0.25) is 5.91 Å². The molecule has 1 aliphatic heterocycles. The maximum absolute atomic E-state index is 13.7. The van der Waals surface area contributed by atoms with Crippen LogP contribution in [0.4, 0.5) is 10.1 Å². The van der Waals surface area contributed by atoms with Gasteiger partial charge in [0.1, 0.15) is 5.82 Å². The molecule has 3 heteroatoms. The molecule has 1 fully saturated rings. The van der Waals surface area contributed by atoms with E-state index in [2.05, 4.69) is 5.32 Å². The van der Waals surface area contributed by atoms with E-state index in [1.165, 1.54) is 18.9 Å². The van der Waals surface area contributed by atoms with E-state index in [0.29, 0.717) is 5.69 Å². The Labute approximate surface area is 100 Å². The summed E-state index contributed by atoms with van der Waals surface area (Å²) in [4.78, 5) is 12.2. The summed E-state index contributed by atoms with van der Waals surface area (Å²) in [6.45, 7) is 0. The molecule has 2 aliphatic rings. The number of nitrogens with one attached hydrogen (secondary N) is 1. The molecule has 17 heavy (non-hydrogen) atoms. The zero-order chi connectivity index (χ0) is 11.9. The molecule has 0 atom stereocenters. The monoisotopic (exact) mass is 233 g/mol. The maximum atomic E-state index is 13.7. The number of hydrogen-bond donors (Lipinski definition) is 1. The smallest absolute Gasteiger partial charge is 0.235 e. The third kappa shape index (κ3) is 1.48. The van der Waals surface area contributed by atoms with Gasteiger partial charge < -0.3 is 5.32 Å². The van der Waals surface area contributed by atoms with Crippen LogP contribution in [0.5, 0.6) is 0 Å². The largest absolute Gasteiger partial charge is 0.323 e. The van der Waals surface area contributed by atoms with Crippen molar-refractivity contribution in [2.45, 2.75) is 43.9 Å². The zero-order valence-electron chi connectivity index (χ0n) is 9.76. The van der Waals surface area contributed by atoms with E-state index < -0.39 is 5.41 Å². The van der Waals surface area contributed by atoms with Gasteiger partial charge in [0.05, 0.1) is 11.1 Å². The second kappa shape index (κ2) is 3.83. The molecule has 90 valence electrons. The first-order chi connectivity index (χ1) is 8.24. The molecule has 1 aromatic rings. The Bertz CT molecular complexity index is 461. The van der Waals surface area contributed by atoms with Crippen LogP contribution in [-0.2, 0) is 10.2 Å². The predicted octanol–water partition coefficient (Wildman–Crippen LogP) is 3.37. The van der Waals surface area contributed by atoms with Crippen LogP contribution in [-0.4, -0.2) is 5.91 Å². The van der Waals surface area contributed by atoms with Crippen molar-refractivity contribution in [2.24, 2.45) is 0 Å². The number of rotatable bonds is 0. The van der Waals surface area contributed by atoms with Gasteiger partial charge in [-0.3, -0.25) is 4.79 Å². The molecule has 1 N–H and O–H groups in total. The van der Waals surface area contributed by atoms with E-state index in [4.69, 9.17) is 0 Å². The molecule has 0 aromatic heterocycles. The normalized spacial score (nSPS) is 22.1. The molecular weight excluding hydrogens is 217 g/mol. The fourth-order valence-corrected chi connectivity index (χ4v) is 3.23. The number of benzene rings is 1. The first kappa shape index (κ1) is 10.8. The molecule has 2 nitrogen and oxygen atoms in total. The number of anilines is 1. The molecule has 3 rings (SSSR count). The molecule has 1 amide bonds. The van der Waals surface area contributed by atoms with Crippen LogP contribution in [0.25, 0.3) is 0 Å². The standard InChI is InChI=1S/C14H16FNO/c15-11-7-5-6-10-12(11)16-13(17)14(10)8-3-1-2-4-9-14/h5-7H,1-4,8-9H2,(H,16,17). The van der Waals surface area contributed by atoms with Crippen molar-refractivity contribution in [1.29, 1.82) is 0 Å². The average molecular weight is 233 g/mol. The molecule has 1 aromatic carbocycles. The van der Waals surface area contributed by atoms with Crippen molar-refractivity contribution >= 4 is 11.6 Å². The lowest BCUT2D eigenvalue weighted by molar-refractivity contribution is -0.121. The summed E-state index contributed by atoms with van der Waals surface area (Å²) in [7, 11) is 0. The highest BCUT2D eigenvalue weighted by Crippen LogP contribution is 2.47. The third-order valence-electron chi connectivity index (χ3n) is 4.16. The van der Waals surface area contributed by atoms with Gasteiger partial charge >= 0.3 is 0 Å². The minimum absolute atomic E-state index is 0.000463. The van der Waals surface area contributed by atoms with Gasteiger partial charge in [-0.25, -0.2) is 4.39 Å². The molecule has 0 radical (unpaired) electrons. The second-order valence-corrected chi connectivity index (χ2v) is 5.11. The molecule has 1 saturated carbocycles. The van der Waals surface area contributed by atoms with Gasteiger partial charge in [-0.05, 0) is 24.5 Å². The van der Waals surface area contributed by atoms with E-state index in [1.807, 2.05) is 6.07 Å². The SMILES string of the molecule is O=C1Nc2c(F)cccc2C12CCCCCC2. The van der Waals surface area contributed by atoms with Crippen LogP contribution in [0.15, 0.2) is 18.2 Å². The molecule has 1 aliphatic carbocycles. The molecule has 0 saturated heterocycles. The zero-order valence-corrected chi connectivity index (χ0v) is 9.76. The summed E-state index contributed by atoms with van der Waals surface area (Å²) in [5.74, 6) is -0.309.